The van der Waals surface area contributed by atoms with Crippen LogP contribution in [0.3, 0.4) is 0 Å². The molecule has 0 radical (unpaired) electrons. The van der Waals surface area contributed by atoms with Gasteiger partial charge < -0.3 is 20.2 Å². The van der Waals surface area contributed by atoms with Crippen LogP contribution in [0.2, 0.25) is 0 Å². The van der Waals surface area contributed by atoms with E-state index in [1.807, 2.05) is 31.2 Å². The number of amides is 1. The lowest BCUT2D eigenvalue weighted by molar-refractivity contribution is -0.116. The molecule has 7 nitrogen and oxygen atoms in total. The summed E-state index contributed by atoms with van der Waals surface area (Å²) in [6.45, 7) is 6.38. The Balaban J connectivity index is 1.61. The van der Waals surface area contributed by atoms with Crippen molar-refractivity contribution in [3.05, 3.63) is 87.5 Å². The van der Waals surface area contributed by atoms with E-state index in [0.717, 1.165) is 16.0 Å². The summed E-state index contributed by atoms with van der Waals surface area (Å²) < 4.78 is 11.1. The number of pyridine rings is 1. The maximum absolute atomic E-state index is 13.0. The van der Waals surface area contributed by atoms with E-state index in [0.29, 0.717) is 61.1 Å². The van der Waals surface area contributed by atoms with E-state index in [4.69, 9.17) is 14.9 Å². The molecule has 36 heavy (non-hydrogen) atoms. The van der Waals surface area contributed by atoms with E-state index in [9.17, 15) is 9.59 Å². The van der Waals surface area contributed by atoms with Gasteiger partial charge in [-0.2, -0.15) is 0 Å². The minimum atomic E-state index is -0.279. The third-order valence-electron chi connectivity index (χ3n) is 5.09. The standard InChI is InChI=1S/C28H29N3O4S/c1-19-7-9-24(21(3)32)25(10-8-19)31-28(33)23-5-4-6-26(36-18-23)22-11-13-30-27(17-22)35-16-15-34-14-12-20(2)29/h4,7-8,10-11,13,17-18,29H,5,12,14-16H2,1-3H3,(H,31,33). The molecule has 3 rings (SSSR count). The van der Waals surface area contributed by atoms with Crippen LogP contribution in [0.5, 0.6) is 5.88 Å². The number of carbonyl (C=O) groups excluding carboxylic acids is 2. The molecule has 0 saturated carbocycles. The minimum Gasteiger partial charge on any atom is -0.475 e. The van der Waals surface area contributed by atoms with Gasteiger partial charge in [0.05, 0.1) is 29.4 Å². The van der Waals surface area contributed by atoms with Gasteiger partial charge in [0.2, 0.25) is 5.88 Å². The lowest BCUT2D eigenvalue weighted by Gasteiger charge is -2.11. The Labute approximate surface area is 215 Å². The predicted octanol–water partition coefficient (Wildman–Crippen LogP) is 5.05. The molecule has 1 aliphatic carbocycles. The Hall–Kier alpha value is -3.67. The Morgan fingerprint density at radius 2 is 2.03 bits per heavy atom. The van der Waals surface area contributed by atoms with Crippen molar-refractivity contribution in [2.45, 2.75) is 33.6 Å². The number of thioether (sulfide) groups is 1. The van der Waals surface area contributed by atoms with Gasteiger partial charge in [-0.1, -0.05) is 17.8 Å². The van der Waals surface area contributed by atoms with E-state index < -0.39 is 0 Å². The number of nitrogens with one attached hydrogen (secondary N) is 2. The van der Waals surface area contributed by atoms with E-state index in [1.165, 1.54) is 18.7 Å². The van der Waals surface area contributed by atoms with Crippen LogP contribution in [-0.2, 0) is 14.3 Å². The molecule has 0 aromatic carbocycles. The largest absolute Gasteiger partial charge is 0.475 e. The van der Waals surface area contributed by atoms with Crippen molar-refractivity contribution in [3.63, 3.8) is 0 Å². The van der Waals surface area contributed by atoms with Crippen LogP contribution < -0.4 is 10.1 Å². The average molecular weight is 504 g/mol. The first-order chi connectivity index (χ1) is 17.3. The van der Waals surface area contributed by atoms with Gasteiger partial charge in [0, 0.05) is 42.0 Å². The molecule has 0 spiro atoms. The Morgan fingerprint density at radius 3 is 2.81 bits per heavy atom. The van der Waals surface area contributed by atoms with Crippen molar-refractivity contribution in [1.82, 2.24) is 10.3 Å². The van der Waals surface area contributed by atoms with Gasteiger partial charge in [0.1, 0.15) is 6.61 Å². The summed E-state index contributed by atoms with van der Waals surface area (Å²) in [7, 11) is 0. The summed E-state index contributed by atoms with van der Waals surface area (Å²) >= 11 is 1.39. The summed E-state index contributed by atoms with van der Waals surface area (Å²) in [6, 6.07) is 3.69. The topological polar surface area (TPSA) is 101 Å². The van der Waals surface area contributed by atoms with E-state index in [2.05, 4.69) is 21.8 Å². The smallest absolute Gasteiger partial charge is 0.252 e. The van der Waals surface area contributed by atoms with Crippen molar-refractivity contribution < 1.29 is 19.1 Å². The molecule has 1 amide bonds. The molecule has 1 aliphatic heterocycles. The lowest BCUT2D eigenvalue weighted by atomic mass is 10.1. The zero-order valence-corrected chi connectivity index (χ0v) is 21.5. The fraction of sp³-hybridized carbons (Fsp3) is 0.286. The van der Waals surface area contributed by atoms with Crippen molar-refractivity contribution in [1.29, 1.82) is 5.41 Å². The monoisotopic (exact) mass is 503 g/mol. The van der Waals surface area contributed by atoms with Crippen LogP contribution in [0.25, 0.3) is 4.91 Å². The van der Waals surface area contributed by atoms with Crippen LogP contribution in [-0.4, -0.2) is 42.2 Å². The Kier molecular flexibility index (Phi) is 10.0. The summed E-state index contributed by atoms with van der Waals surface area (Å²) in [5, 5.41) is 12.1. The van der Waals surface area contributed by atoms with Crippen LogP contribution in [0, 0.1) is 5.41 Å². The van der Waals surface area contributed by atoms with Gasteiger partial charge in [0.15, 0.2) is 5.78 Å². The molecule has 186 valence electrons. The zero-order valence-electron chi connectivity index (χ0n) is 20.6. The van der Waals surface area contributed by atoms with Gasteiger partial charge in [0.25, 0.3) is 5.91 Å². The number of hydrogen-bond acceptors (Lipinski definition) is 7. The number of ether oxygens (including phenoxy) is 2. The number of aromatic nitrogens is 1. The molecule has 1 aromatic rings. The second-order valence-electron chi connectivity index (χ2n) is 8.18. The van der Waals surface area contributed by atoms with E-state index in [-0.39, 0.29) is 11.7 Å². The highest BCUT2D eigenvalue weighted by Gasteiger charge is 2.17. The van der Waals surface area contributed by atoms with Crippen molar-refractivity contribution in [3.8, 4) is 5.88 Å². The first-order valence-electron chi connectivity index (χ1n) is 11.5. The highest BCUT2D eigenvalue weighted by atomic mass is 32.2. The molecule has 0 saturated heterocycles. The van der Waals surface area contributed by atoms with Crippen LogP contribution in [0.15, 0.2) is 81.9 Å². The molecule has 2 heterocycles. The maximum atomic E-state index is 13.0. The summed E-state index contributed by atoms with van der Waals surface area (Å²) in [4.78, 5) is 30.1. The van der Waals surface area contributed by atoms with Crippen LogP contribution in [0.1, 0.15) is 39.2 Å². The molecule has 0 bridgehead atoms. The van der Waals surface area contributed by atoms with Crippen molar-refractivity contribution in [2.75, 3.05) is 19.8 Å². The first kappa shape index (κ1) is 26.9. The van der Waals surface area contributed by atoms with Gasteiger partial charge in [-0.3, -0.25) is 9.59 Å². The van der Waals surface area contributed by atoms with Crippen molar-refractivity contribution >= 4 is 34.1 Å². The third-order valence-corrected chi connectivity index (χ3v) is 6.08. The van der Waals surface area contributed by atoms with Crippen LogP contribution in [0.4, 0.5) is 0 Å². The molecule has 1 aromatic heterocycles. The van der Waals surface area contributed by atoms with Crippen molar-refractivity contribution in [2.24, 2.45) is 0 Å². The number of Topliss-reactive ketones (excluding diaryl/α,β-unsaturated/α-hetero) is 1. The number of hydrogen-bond donors (Lipinski definition) is 2. The lowest BCUT2D eigenvalue weighted by Crippen LogP contribution is -2.26. The van der Waals surface area contributed by atoms with Crippen LogP contribution >= 0.6 is 11.8 Å². The summed E-state index contributed by atoms with van der Waals surface area (Å²) in [5.74, 6) is 0.0249. The average Bonchev–Trinajstić information content (AvgIpc) is 3.20. The Morgan fingerprint density at radius 1 is 1.19 bits per heavy atom. The van der Waals surface area contributed by atoms with E-state index in [1.54, 1.807) is 30.7 Å². The summed E-state index contributed by atoms with van der Waals surface area (Å²) in [6.07, 6.45) is 9.78. The van der Waals surface area contributed by atoms with E-state index >= 15 is 0 Å². The molecule has 2 N–H and O–H groups in total. The third kappa shape index (κ3) is 8.22. The molecule has 8 heteroatoms. The minimum absolute atomic E-state index is 0.169. The van der Waals surface area contributed by atoms with Gasteiger partial charge in [-0.05, 0) is 56.0 Å². The quantitative estimate of drug-likeness (QED) is 0.249. The van der Waals surface area contributed by atoms with Gasteiger partial charge >= 0.3 is 0 Å². The number of rotatable bonds is 11. The van der Waals surface area contributed by atoms with Gasteiger partial charge in [-0.25, -0.2) is 4.98 Å². The molecular weight excluding hydrogens is 474 g/mol. The molecular formula is C28H29N3O4S. The maximum Gasteiger partial charge on any atom is 0.252 e. The highest BCUT2D eigenvalue weighted by molar-refractivity contribution is 8.10. The second kappa shape index (κ2) is 13.4. The summed E-state index contributed by atoms with van der Waals surface area (Å²) in [5.41, 5.74) is 9.94. The normalized spacial score (nSPS) is 14.9. The molecule has 0 fully saturated rings. The fourth-order valence-corrected chi connectivity index (χ4v) is 4.01. The number of nitrogens with zero attached hydrogens (tertiary/aromatic N) is 1. The SMILES string of the molecule is CC(=N)CCOCCOc1cc(C2=C=CCC(C(=O)NC3=CC=C(C)C=C=C3C(C)=O)=CS2)ccn1. The number of ketones is 1. The Bertz CT molecular complexity index is 1270. The molecule has 0 unspecified atom stereocenters. The first-order valence-corrected chi connectivity index (χ1v) is 12.4. The number of carbonyl (C=O) groups is 2. The molecule has 0 atom stereocenters. The second-order valence-corrected chi connectivity index (χ2v) is 9.06. The predicted molar refractivity (Wildman–Crippen MR) is 143 cm³/mol. The van der Waals surface area contributed by atoms with Gasteiger partial charge in [-0.15, -0.1) is 11.5 Å². The number of allylic oxidation sites excluding steroid dienone is 5. The fourth-order valence-electron chi connectivity index (χ4n) is 3.13. The molecule has 2 aliphatic rings. The zero-order chi connectivity index (χ0) is 25.9. The highest BCUT2D eigenvalue weighted by Crippen LogP contribution is 2.32.